The maximum absolute atomic E-state index is 11.5. The molecule has 0 N–H and O–H groups in total. The first-order chi connectivity index (χ1) is 13.9. The summed E-state index contributed by atoms with van der Waals surface area (Å²) in [5, 5.41) is 0. The maximum Gasteiger partial charge on any atom is 0.303 e. The van der Waals surface area contributed by atoms with Gasteiger partial charge in [0, 0.05) is 20.8 Å². The van der Waals surface area contributed by atoms with Crippen molar-refractivity contribution in [1.29, 1.82) is 0 Å². The lowest BCUT2D eigenvalue weighted by molar-refractivity contribution is -0.193. The number of benzene rings is 1. The van der Waals surface area contributed by atoms with E-state index < -0.39 is 42.5 Å². The summed E-state index contributed by atoms with van der Waals surface area (Å²) in [6.07, 6.45) is -3.79. The largest absolute Gasteiger partial charge is 0.463 e. The van der Waals surface area contributed by atoms with Crippen LogP contribution >= 0.6 is 0 Å². The summed E-state index contributed by atoms with van der Waals surface area (Å²) in [4.78, 5) is 34.1. The highest BCUT2D eigenvalue weighted by Crippen LogP contribution is 2.28. The first-order valence-electron chi connectivity index (χ1n) is 9.23. The highest BCUT2D eigenvalue weighted by molar-refractivity contribution is 5.67. The Hall–Kier alpha value is -2.49. The van der Waals surface area contributed by atoms with E-state index in [1.54, 1.807) is 0 Å². The normalized spacial score (nSPS) is 23.4. The van der Waals surface area contributed by atoms with E-state index in [1.165, 1.54) is 20.8 Å². The van der Waals surface area contributed by atoms with Crippen LogP contribution in [0.4, 0.5) is 0 Å². The predicted molar refractivity (Wildman–Crippen MR) is 98.5 cm³/mol. The molecule has 0 aliphatic carbocycles. The molecule has 0 spiro atoms. The Morgan fingerprint density at radius 3 is 2.17 bits per heavy atom. The molecule has 1 aliphatic heterocycles. The smallest absolute Gasteiger partial charge is 0.303 e. The van der Waals surface area contributed by atoms with Gasteiger partial charge in [-0.05, 0) is 5.56 Å². The van der Waals surface area contributed by atoms with E-state index in [-0.39, 0.29) is 19.8 Å². The number of carbonyl (C=O) groups is 3. The minimum Gasteiger partial charge on any atom is -0.463 e. The molecule has 0 aromatic heterocycles. The van der Waals surface area contributed by atoms with Gasteiger partial charge in [0.2, 0.25) is 0 Å². The summed E-state index contributed by atoms with van der Waals surface area (Å²) < 4.78 is 32.3. The quantitative estimate of drug-likeness (QED) is 0.321. The molecular weight excluding hydrogens is 384 g/mol. The van der Waals surface area contributed by atoms with Crippen LogP contribution in [0, 0.1) is 0 Å². The van der Waals surface area contributed by atoms with Gasteiger partial charge in [-0.25, -0.2) is 0 Å². The second-order valence-corrected chi connectivity index (χ2v) is 6.40. The summed E-state index contributed by atoms with van der Waals surface area (Å²) in [6, 6.07) is 9.65. The molecule has 9 heteroatoms. The van der Waals surface area contributed by atoms with Crippen LogP contribution in [0.15, 0.2) is 30.3 Å². The van der Waals surface area contributed by atoms with Gasteiger partial charge in [0.25, 0.3) is 0 Å². The van der Waals surface area contributed by atoms with Crippen molar-refractivity contribution in [3.63, 3.8) is 0 Å². The van der Waals surface area contributed by atoms with Crippen molar-refractivity contribution in [3.8, 4) is 0 Å². The molecule has 2 rings (SSSR count). The zero-order valence-electron chi connectivity index (χ0n) is 16.7. The lowest BCUT2D eigenvalue weighted by Crippen LogP contribution is -2.41. The molecule has 0 amide bonds. The lowest BCUT2D eigenvalue weighted by atomic mass is 10.1. The minimum absolute atomic E-state index is 0.155. The Kier molecular flexibility index (Phi) is 9.04. The number of ether oxygens (including phenoxy) is 6. The molecule has 1 aromatic rings. The van der Waals surface area contributed by atoms with Crippen LogP contribution in [0.3, 0.4) is 0 Å². The van der Waals surface area contributed by atoms with E-state index in [0.29, 0.717) is 6.61 Å². The first kappa shape index (κ1) is 22.8. The minimum atomic E-state index is -0.996. The van der Waals surface area contributed by atoms with Crippen LogP contribution in [-0.2, 0) is 49.4 Å². The second kappa shape index (κ2) is 11.5. The van der Waals surface area contributed by atoms with Gasteiger partial charge in [-0.3, -0.25) is 14.4 Å². The third-order valence-corrected chi connectivity index (χ3v) is 3.94. The Bertz CT molecular complexity index is 676. The van der Waals surface area contributed by atoms with Crippen LogP contribution in [0.2, 0.25) is 0 Å². The van der Waals surface area contributed by atoms with Crippen LogP contribution in [0.1, 0.15) is 26.3 Å². The van der Waals surface area contributed by atoms with Gasteiger partial charge >= 0.3 is 17.9 Å². The third kappa shape index (κ3) is 7.80. The van der Waals surface area contributed by atoms with Crippen LogP contribution in [0.5, 0.6) is 0 Å². The fourth-order valence-electron chi connectivity index (χ4n) is 2.80. The lowest BCUT2D eigenvalue weighted by Gasteiger charge is -2.23. The number of rotatable bonds is 10. The molecule has 0 radical (unpaired) electrons. The highest BCUT2D eigenvalue weighted by Gasteiger charge is 2.50. The molecule has 0 bridgehead atoms. The molecule has 9 nitrogen and oxygen atoms in total. The van der Waals surface area contributed by atoms with Crippen LogP contribution in [-0.4, -0.2) is 62.3 Å². The van der Waals surface area contributed by atoms with Gasteiger partial charge < -0.3 is 28.4 Å². The number of hydrogen-bond donors (Lipinski definition) is 0. The number of esters is 3. The fraction of sp³-hybridized carbons (Fsp3) is 0.550. The molecule has 29 heavy (non-hydrogen) atoms. The van der Waals surface area contributed by atoms with E-state index in [1.807, 2.05) is 30.3 Å². The van der Waals surface area contributed by atoms with E-state index in [4.69, 9.17) is 28.4 Å². The zero-order chi connectivity index (χ0) is 21.2. The molecule has 1 heterocycles. The topological polar surface area (TPSA) is 107 Å². The Morgan fingerprint density at radius 2 is 1.55 bits per heavy atom. The predicted octanol–water partition coefficient (Wildman–Crippen LogP) is 1.37. The van der Waals surface area contributed by atoms with Gasteiger partial charge in [-0.2, -0.15) is 0 Å². The Balaban J connectivity index is 1.92. The third-order valence-electron chi connectivity index (χ3n) is 3.94. The molecule has 2 unspecified atom stereocenters. The average molecular weight is 410 g/mol. The van der Waals surface area contributed by atoms with Crippen molar-refractivity contribution in [2.24, 2.45) is 0 Å². The SMILES string of the molecule is CC(=O)OC[C@H]1O[C@@H](OCCOCc2ccccc2)C(OC(C)=O)C1OC(C)=O. The summed E-state index contributed by atoms with van der Waals surface area (Å²) in [5.74, 6) is -1.69. The van der Waals surface area contributed by atoms with Gasteiger partial charge in [0.05, 0.1) is 19.8 Å². The molecule has 0 saturated carbocycles. The van der Waals surface area contributed by atoms with Gasteiger partial charge in [0.15, 0.2) is 18.5 Å². The molecule has 4 atom stereocenters. The van der Waals surface area contributed by atoms with Crippen molar-refractivity contribution < 1.29 is 42.8 Å². The average Bonchev–Trinajstić information content (AvgIpc) is 2.96. The molecule has 160 valence electrons. The summed E-state index contributed by atoms with van der Waals surface area (Å²) >= 11 is 0. The van der Waals surface area contributed by atoms with Crippen LogP contribution in [0.25, 0.3) is 0 Å². The number of carbonyl (C=O) groups excluding carboxylic acids is 3. The van der Waals surface area contributed by atoms with Crippen molar-refractivity contribution in [3.05, 3.63) is 35.9 Å². The van der Waals surface area contributed by atoms with Crippen molar-refractivity contribution in [2.75, 3.05) is 19.8 Å². The summed E-state index contributed by atoms with van der Waals surface area (Å²) in [5.41, 5.74) is 1.03. The van der Waals surface area contributed by atoms with Crippen molar-refractivity contribution in [1.82, 2.24) is 0 Å². The fourth-order valence-corrected chi connectivity index (χ4v) is 2.80. The van der Waals surface area contributed by atoms with Gasteiger partial charge in [-0.15, -0.1) is 0 Å². The zero-order valence-corrected chi connectivity index (χ0v) is 16.7. The van der Waals surface area contributed by atoms with Gasteiger partial charge in [-0.1, -0.05) is 30.3 Å². The maximum atomic E-state index is 11.5. The second-order valence-electron chi connectivity index (χ2n) is 6.40. The molecule has 1 aromatic carbocycles. The molecule has 1 saturated heterocycles. The van der Waals surface area contributed by atoms with E-state index in [2.05, 4.69) is 0 Å². The number of hydrogen-bond acceptors (Lipinski definition) is 9. The van der Waals surface area contributed by atoms with Gasteiger partial charge in [0.1, 0.15) is 12.7 Å². The standard InChI is InChI=1S/C20H26O9/c1-13(21)26-12-17-18(27-14(2)22)19(28-15(3)23)20(29-17)25-10-9-24-11-16-7-5-4-6-8-16/h4-8,17-20H,9-12H2,1-3H3/t17-,18?,19?,20-/m1/s1. The summed E-state index contributed by atoms with van der Waals surface area (Å²) in [7, 11) is 0. The van der Waals surface area contributed by atoms with Crippen LogP contribution < -0.4 is 0 Å². The highest BCUT2D eigenvalue weighted by atomic mass is 16.7. The first-order valence-corrected chi connectivity index (χ1v) is 9.23. The Labute approximate surface area is 169 Å². The summed E-state index contributed by atoms with van der Waals surface area (Å²) in [6.45, 7) is 4.38. The van der Waals surface area contributed by atoms with E-state index >= 15 is 0 Å². The van der Waals surface area contributed by atoms with Crippen molar-refractivity contribution in [2.45, 2.75) is 52.0 Å². The van der Waals surface area contributed by atoms with Crippen molar-refractivity contribution >= 4 is 17.9 Å². The molecule has 1 fully saturated rings. The van der Waals surface area contributed by atoms with E-state index in [0.717, 1.165) is 5.56 Å². The molecule has 1 aliphatic rings. The monoisotopic (exact) mass is 410 g/mol. The van der Waals surface area contributed by atoms with E-state index in [9.17, 15) is 14.4 Å². The molecular formula is C20H26O9. The Morgan fingerprint density at radius 1 is 0.897 bits per heavy atom.